The average Bonchev–Trinajstić information content (AvgIpc) is 3.21. The second kappa shape index (κ2) is 9.03. The number of anilines is 1. The van der Waals surface area contributed by atoms with Gasteiger partial charge in [0, 0.05) is 30.4 Å². The Hall–Kier alpha value is -3.10. The Morgan fingerprint density at radius 1 is 1.00 bits per heavy atom. The minimum absolute atomic E-state index is 0.0657. The van der Waals surface area contributed by atoms with Gasteiger partial charge in [-0.05, 0) is 54.5 Å². The van der Waals surface area contributed by atoms with E-state index in [9.17, 15) is 18.3 Å². The van der Waals surface area contributed by atoms with Gasteiger partial charge in [0.25, 0.3) is 0 Å². The molecular formula is C24H28F3N5O. The minimum Gasteiger partial charge on any atom is -0.507 e. The smallest absolute Gasteiger partial charge is 0.504 e. The molecule has 0 aliphatic heterocycles. The fraction of sp³-hybridized carbons (Fsp3) is 0.458. The standard InChI is InChI=1S/C24H28F3N5O/c1-15-4-5-16(2)11-19(10-15)31(3)23-9-8-21(29-30-23)20-7-6-17(12-22(20)33)18-13-28-32(14-18)24(25,26)27/h6-9,12-16,19,33H,4-5,10-11H2,1-3H3/t15-,16+,19?. The highest BCUT2D eigenvalue weighted by Gasteiger charge is 2.31. The molecule has 176 valence electrons. The molecule has 2 aromatic heterocycles. The number of aromatic nitrogens is 4. The van der Waals surface area contributed by atoms with Crippen LogP contribution in [0.15, 0.2) is 42.7 Å². The van der Waals surface area contributed by atoms with Crippen molar-refractivity contribution >= 4 is 5.82 Å². The van der Waals surface area contributed by atoms with Gasteiger partial charge in [-0.15, -0.1) is 23.4 Å². The quantitative estimate of drug-likeness (QED) is 0.497. The third-order valence-electron chi connectivity index (χ3n) is 6.51. The Morgan fingerprint density at radius 2 is 1.70 bits per heavy atom. The lowest BCUT2D eigenvalue weighted by atomic mass is 9.98. The van der Waals surface area contributed by atoms with Crippen LogP contribution in [0.5, 0.6) is 5.75 Å². The lowest BCUT2D eigenvalue weighted by molar-refractivity contribution is -0.212. The van der Waals surface area contributed by atoms with Gasteiger partial charge in [0.05, 0.1) is 11.9 Å². The van der Waals surface area contributed by atoms with Gasteiger partial charge in [-0.25, -0.2) is 0 Å². The van der Waals surface area contributed by atoms with Crippen molar-refractivity contribution in [2.75, 3.05) is 11.9 Å². The van der Waals surface area contributed by atoms with Crippen molar-refractivity contribution in [1.82, 2.24) is 20.0 Å². The summed E-state index contributed by atoms with van der Waals surface area (Å²) in [6, 6.07) is 8.76. The SMILES string of the molecule is C[C@@H]1CC[C@H](C)CC(N(C)c2ccc(-c3ccc(-c4cnn(C(F)(F)F)c4)cc3O)nn2)C1. The molecule has 6 nitrogen and oxygen atoms in total. The first-order valence-electron chi connectivity index (χ1n) is 11.1. The van der Waals surface area contributed by atoms with Crippen LogP contribution < -0.4 is 4.90 Å². The number of alkyl halides is 3. The van der Waals surface area contributed by atoms with Crippen molar-refractivity contribution in [3.63, 3.8) is 0 Å². The Labute approximate surface area is 191 Å². The molecule has 0 spiro atoms. The van der Waals surface area contributed by atoms with E-state index in [0.717, 1.165) is 31.1 Å². The van der Waals surface area contributed by atoms with Crippen molar-refractivity contribution in [1.29, 1.82) is 0 Å². The molecule has 9 heteroatoms. The maximum absolute atomic E-state index is 12.8. The van der Waals surface area contributed by atoms with Crippen LogP contribution in [0.3, 0.4) is 0 Å². The van der Waals surface area contributed by atoms with E-state index in [-0.39, 0.29) is 16.0 Å². The molecule has 0 saturated heterocycles. The van der Waals surface area contributed by atoms with E-state index in [1.165, 1.54) is 18.9 Å². The number of phenols is 1. The number of benzene rings is 1. The summed E-state index contributed by atoms with van der Waals surface area (Å²) >= 11 is 0. The number of hydrogen-bond donors (Lipinski definition) is 1. The van der Waals surface area contributed by atoms with Crippen LogP contribution in [0.1, 0.15) is 39.5 Å². The highest BCUT2D eigenvalue weighted by Crippen LogP contribution is 2.34. The van der Waals surface area contributed by atoms with Gasteiger partial charge in [0.2, 0.25) is 0 Å². The lowest BCUT2D eigenvalue weighted by Gasteiger charge is -2.30. The monoisotopic (exact) mass is 459 g/mol. The molecule has 0 radical (unpaired) electrons. The first-order chi connectivity index (χ1) is 15.6. The summed E-state index contributed by atoms with van der Waals surface area (Å²) in [5, 5.41) is 22.6. The van der Waals surface area contributed by atoms with E-state index in [1.54, 1.807) is 18.2 Å². The summed E-state index contributed by atoms with van der Waals surface area (Å²) in [5.41, 5.74) is 1.63. The molecule has 1 aliphatic rings. The van der Waals surface area contributed by atoms with Crippen molar-refractivity contribution in [2.24, 2.45) is 11.8 Å². The Balaban J connectivity index is 1.52. The summed E-state index contributed by atoms with van der Waals surface area (Å²) < 4.78 is 38.3. The molecule has 1 aliphatic carbocycles. The minimum atomic E-state index is -4.59. The zero-order chi connectivity index (χ0) is 23.8. The predicted molar refractivity (Wildman–Crippen MR) is 121 cm³/mol. The molecule has 0 amide bonds. The molecule has 0 bridgehead atoms. The number of nitrogens with zero attached hydrogens (tertiary/aromatic N) is 5. The average molecular weight is 460 g/mol. The van der Waals surface area contributed by atoms with Gasteiger partial charge in [0.15, 0.2) is 5.82 Å². The lowest BCUT2D eigenvalue weighted by Crippen LogP contribution is -2.34. The van der Waals surface area contributed by atoms with Crippen LogP contribution in [0.2, 0.25) is 0 Å². The van der Waals surface area contributed by atoms with Crippen LogP contribution in [-0.2, 0) is 6.30 Å². The van der Waals surface area contributed by atoms with Gasteiger partial charge < -0.3 is 10.0 Å². The van der Waals surface area contributed by atoms with Crippen LogP contribution in [0.25, 0.3) is 22.4 Å². The zero-order valence-electron chi connectivity index (χ0n) is 18.9. The van der Waals surface area contributed by atoms with E-state index in [1.807, 2.05) is 13.1 Å². The maximum atomic E-state index is 12.8. The normalized spacial score (nSPS) is 21.6. The van der Waals surface area contributed by atoms with Gasteiger partial charge in [0.1, 0.15) is 5.75 Å². The van der Waals surface area contributed by atoms with Gasteiger partial charge in [-0.1, -0.05) is 32.8 Å². The van der Waals surface area contributed by atoms with Crippen LogP contribution >= 0.6 is 0 Å². The molecule has 1 unspecified atom stereocenters. The fourth-order valence-electron chi connectivity index (χ4n) is 4.53. The number of aromatic hydroxyl groups is 1. The number of halogens is 3. The van der Waals surface area contributed by atoms with Crippen LogP contribution in [0.4, 0.5) is 19.0 Å². The molecule has 2 heterocycles. The Bertz CT molecular complexity index is 1080. The molecule has 4 rings (SSSR count). The predicted octanol–water partition coefficient (Wildman–Crippen LogP) is 5.84. The van der Waals surface area contributed by atoms with Crippen molar-refractivity contribution < 1.29 is 18.3 Å². The summed E-state index contributed by atoms with van der Waals surface area (Å²) in [6.07, 6.45) is 2.16. The third kappa shape index (κ3) is 5.12. The second-order valence-corrected chi connectivity index (χ2v) is 9.17. The third-order valence-corrected chi connectivity index (χ3v) is 6.51. The first-order valence-corrected chi connectivity index (χ1v) is 11.1. The van der Waals surface area contributed by atoms with Crippen molar-refractivity contribution in [3.8, 4) is 28.1 Å². The Morgan fingerprint density at radius 3 is 2.24 bits per heavy atom. The second-order valence-electron chi connectivity index (χ2n) is 9.17. The number of hydrogen-bond acceptors (Lipinski definition) is 5. The van der Waals surface area contributed by atoms with E-state index >= 15 is 0 Å². The molecule has 3 aromatic rings. The highest BCUT2D eigenvalue weighted by molar-refractivity contribution is 5.74. The van der Waals surface area contributed by atoms with Gasteiger partial charge in [-0.3, -0.25) is 0 Å². The largest absolute Gasteiger partial charge is 0.507 e. The molecular weight excluding hydrogens is 431 g/mol. The van der Waals surface area contributed by atoms with Gasteiger partial charge >= 0.3 is 6.30 Å². The van der Waals surface area contributed by atoms with Gasteiger partial charge in [-0.2, -0.15) is 9.78 Å². The topological polar surface area (TPSA) is 67.1 Å². The molecule has 1 N–H and O–H groups in total. The zero-order valence-corrected chi connectivity index (χ0v) is 18.9. The molecule has 1 aromatic carbocycles. The summed E-state index contributed by atoms with van der Waals surface area (Å²) in [6.45, 7) is 4.60. The molecule has 1 saturated carbocycles. The first kappa shape index (κ1) is 23.1. The highest BCUT2D eigenvalue weighted by atomic mass is 19.4. The summed E-state index contributed by atoms with van der Waals surface area (Å²) in [4.78, 5) is 2.19. The van der Waals surface area contributed by atoms with Crippen LogP contribution in [0, 0.1) is 11.8 Å². The van der Waals surface area contributed by atoms with E-state index in [4.69, 9.17) is 0 Å². The van der Waals surface area contributed by atoms with E-state index in [0.29, 0.717) is 34.7 Å². The molecule has 1 fully saturated rings. The fourth-order valence-corrected chi connectivity index (χ4v) is 4.53. The van der Waals surface area contributed by atoms with Crippen molar-refractivity contribution in [3.05, 3.63) is 42.7 Å². The maximum Gasteiger partial charge on any atom is 0.504 e. The van der Waals surface area contributed by atoms with E-state index in [2.05, 4.69) is 34.0 Å². The van der Waals surface area contributed by atoms with E-state index < -0.39 is 6.30 Å². The molecule has 3 atom stereocenters. The van der Waals surface area contributed by atoms with Crippen molar-refractivity contribution in [2.45, 2.75) is 51.9 Å². The summed E-state index contributed by atoms with van der Waals surface area (Å²) in [7, 11) is 2.05. The van der Waals surface area contributed by atoms with Crippen LogP contribution in [-0.4, -0.2) is 38.2 Å². The number of phenolic OH excluding ortho intramolecular Hbond substituents is 1. The molecule has 33 heavy (non-hydrogen) atoms. The Kier molecular flexibility index (Phi) is 6.32. The number of rotatable bonds is 4. The summed E-state index contributed by atoms with van der Waals surface area (Å²) in [5.74, 6) is 2.04.